The van der Waals surface area contributed by atoms with Crippen LogP contribution in [-0.2, 0) is 17.1 Å². The third-order valence-corrected chi connectivity index (χ3v) is 6.70. The molecule has 0 saturated carbocycles. The predicted molar refractivity (Wildman–Crippen MR) is 97.7 cm³/mol. The molecular weight excluding hydrogens is 354 g/mol. The molecule has 0 radical (unpaired) electrons. The molecular formula is C16H23N7O2S. The van der Waals surface area contributed by atoms with Crippen LogP contribution in [0, 0.1) is 0 Å². The molecule has 4 rings (SSSR count). The smallest absolute Gasteiger partial charge is 0.262 e. The van der Waals surface area contributed by atoms with Crippen LogP contribution in [0.1, 0.15) is 12.8 Å². The molecule has 2 aromatic rings. The van der Waals surface area contributed by atoms with Crippen molar-refractivity contribution in [1.82, 2.24) is 24.1 Å². The average molecular weight is 377 g/mol. The Morgan fingerprint density at radius 2 is 1.46 bits per heavy atom. The Bertz CT molecular complexity index is 851. The second-order valence-corrected chi connectivity index (χ2v) is 8.60. The third-order valence-electron chi connectivity index (χ3n) is 4.91. The van der Waals surface area contributed by atoms with E-state index in [2.05, 4.69) is 25.0 Å². The number of sulfonamides is 1. The minimum atomic E-state index is -3.53. The summed E-state index contributed by atoms with van der Waals surface area (Å²) in [6.07, 6.45) is 5.44. The normalized spacial score (nSPS) is 19.3. The van der Waals surface area contributed by atoms with Gasteiger partial charge >= 0.3 is 0 Å². The number of rotatable bonds is 4. The standard InChI is InChI=1S/C16H23N7O2S/c1-20-12-16(17-13-20)26(24,25)23-10-8-22(9-11-23)15-5-4-14(18-19-15)21-6-2-3-7-21/h4-5,12-13H,2-3,6-11H2,1H3. The van der Waals surface area contributed by atoms with E-state index in [0.29, 0.717) is 26.2 Å². The Morgan fingerprint density at radius 3 is 1.96 bits per heavy atom. The lowest BCUT2D eigenvalue weighted by molar-refractivity contribution is 0.382. The summed E-state index contributed by atoms with van der Waals surface area (Å²) in [5, 5.41) is 8.79. The predicted octanol–water partition coefficient (Wildman–Crippen LogP) is 0.321. The number of nitrogens with zero attached hydrogens (tertiary/aromatic N) is 7. The van der Waals surface area contributed by atoms with Crippen molar-refractivity contribution in [2.45, 2.75) is 17.9 Å². The zero-order valence-electron chi connectivity index (χ0n) is 14.8. The number of aromatic nitrogens is 4. The molecule has 0 amide bonds. The first-order chi connectivity index (χ1) is 12.5. The lowest BCUT2D eigenvalue weighted by Gasteiger charge is -2.34. The average Bonchev–Trinajstić information content (AvgIpc) is 3.34. The van der Waals surface area contributed by atoms with Gasteiger partial charge in [0, 0.05) is 52.5 Å². The van der Waals surface area contributed by atoms with Gasteiger partial charge in [-0.25, -0.2) is 13.4 Å². The van der Waals surface area contributed by atoms with Gasteiger partial charge < -0.3 is 14.4 Å². The fraction of sp³-hybridized carbons (Fsp3) is 0.562. The van der Waals surface area contributed by atoms with E-state index in [1.54, 1.807) is 11.6 Å². The molecule has 9 nitrogen and oxygen atoms in total. The molecule has 2 fully saturated rings. The SMILES string of the molecule is Cn1cnc(S(=O)(=O)N2CCN(c3ccc(N4CCCC4)nn3)CC2)c1. The second-order valence-electron chi connectivity index (χ2n) is 6.71. The highest BCUT2D eigenvalue weighted by molar-refractivity contribution is 7.89. The first kappa shape index (κ1) is 17.2. The maximum absolute atomic E-state index is 12.6. The second kappa shape index (κ2) is 6.84. The van der Waals surface area contributed by atoms with Crippen LogP contribution in [-0.4, -0.2) is 71.7 Å². The fourth-order valence-electron chi connectivity index (χ4n) is 3.41. The van der Waals surface area contributed by atoms with Gasteiger partial charge in [0.15, 0.2) is 16.7 Å². The van der Waals surface area contributed by atoms with Crippen molar-refractivity contribution in [3.8, 4) is 0 Å². The first-order valence-corrected chi connectivity index (χ1v) is 10.3. The molecule has 4 heterocycles. The number of aryl methyl sites for hydroxylation is 1. The molecule has 0 atom stereocenters. The first-order valence-electron chi connectivity index (χ1n) is 8.86. The molecule has 0 aliphatic carbocycles. The Hall–Kier alpha value is -2.20. The highest BCUT2D eigenvalue weighted by atomic mass is 32.2. The topological polar surface area (TPSA) is 87.5 Å². The summed E-state index contributed by atoms with van der Waals surface area (Å²) in [7, 11) is -1.77. The molecule has 0 aromatic carbocycles. The summed E-state index contributed by atoms with van der Waals surface area (Å²) in [4.78, 5) is 8.30. The van der Waals surface area contributed by atoms with Gasteiger partial charge in [-0.3, -0.25) is 0 Å². The number of piperazine rings is 1. The molecule has 26 heavy (non-hydrogen) atoms. The summed E-state index contributed by atoms with van der Waals surface area (Å²) in [6, 6.07) is 3.98. The zero-order chi connectivity index (χ0) is 18.1. The highest BCUT2D eigenvalue weighted by Crippen LogP contribution is 2.21. The van der Waals surface area contributed by atoms with Crippen LogP contribution in [0.4, 0.5) is 11.6 Å². The van der Waals surface area contributed by atoms with E-state index in [1.165, 1.54) is 29.7 Å². The molecule has 0 unspecified atom stereocenters. The molecule has 0 bridgehead atoms. The Balaban J connectivity index is 1.40. The van der Waals surface area contributed by atoms with Crippen LogP contribution in [0.3, 0.4) is 0 Å². The van der Waals surface area contributed by atoms with Crippen LogP contribution in [0.2, 0.25) is 0 Å². The molecule has 2 aliphatic rings. The molecule has 10 heteroatoms. The molecule has 0 spiro atoms. The fourth-order valence-corrected chi connectivity index (χ4v) is 4.80. The number of hydrogen-bond donors (Lipinski definition) is 0. The van der Waals surface area contributed by atoms with Crippen molar-refractivity contribution in [1.29, 1.82) is 0 Å². The van der Waals surface area contributed by atoms with E-state index in [1.807, 2.05) is 12.1 Å². The van der Waals surface area contributed by atoms with E-state index in [0.717, 1.165) is 24.7 Å². The van der Waals surface area contributed by atoms with Gasteiger partial charge in [-0.1, -0.05) is 0 Å². The van der Waals surface area contributed by atoms with E-state index >= 15 is 0 Å². The lowest BCUT2D eigenvalue weighted by Crippen LogP contribution is -2.49. The van der Waals surface area contributed by atoms with E-state index in [-0.39, 0.29) is 5.03 Å². The largest absolute Gasteiger partial charge is 0.355 e. The Labute approximate surface area is 153 Å². The van der Waals surface area contributed by atoms with Gasteiger partial charge in [-0.15, -0.1) is 10.2 Å². The van der Waals surface area contributed by atoms with Crippen LogP contribution >= 0.6 is 0 Å². The van der Waals surface area contributed by atoms with Crippen LogP contribution in [0.5, 0.6) is 0 Å². The summed E-state index contributed by atoms with van der Waals surface area (Å²) in [6.45, 7) is 4.08. The Kier molecular flexibility index (Phi) is 4.53. The Morgan fingerprint density at radius 1 is 0.885 bits per heavy atom. The van der Waals surface area contributed by atoms with Gasteiger partial charge in [0.05, 0.1) is 6.33 Å². The van der Waals surface area contributed by atoms with E-state index in [9.17, 15) is 8.42 Å². The van der Waals surface area contributed by atoms with Gasteiger partial charge in [0.2, 0.25) is 0 Å². The van der Waals surface area contributed by atoms with Gasteiger partial charge in [-0.05, 0) is 25.0 Å². The summed E-state index contributed by atoms with van der Waals surface area (Å²) >= 11 is 0. The van der Waals surface area contributed by atoms with Crippen LogP contribution in [0.15, 0.2) is 29.7 Å². The third kappa shape index (κ3) is 3.26. The van der Waals surface area contributed by atoms with Gasteiger partial charge in [0.25, 0.3) is 10.0 Å². The lowest BCUT2D eigenvalue weighted by atomic mass is 10.3. The summed E-state index contributed by atoms with van der Waals surface area (Å²) in [5.74, 6) is 1.71. The van der Waals surface area contributed by atoms with Crippen molar-refractivity contribution in [2.75, 3.05) is 49.1 Å². The maximum atomic E-state index is 12.6. The highest BCUT2D eigenvalue weighted by Gasteiger charge is 2.30. The number of anilines is 2. The van der Waals surface area contributed by atoms with Crippen LogP contribution < -0.4 is 9.80 Å². The van der Waals surface area contributed by atoms with Crippen molar-refractivity contribution in [3.63, 3.8) is 0 Å². The van der Waals surface area contributed by atoms with Crippen molar-refractivity contribution in [3.05, 3.63) is 24.7 Å². The molecule has 2 aliphatic heterocycles. The minimum Gasteiger partial charge on any atom is -0.355 e. The van der Waals surface area contributed by atoms with Gasteiger partial charge in [-0.2, -0.15) is 4.31 Å². The monoisotopic (exact) mass is 377 g/mol. The summed E-state index contributed by atoms with van der Waals surface area (Å²) < 4.78 is 28.4. The summed E-state index contributed by atoms with van der Waals surface area (Å²) in [5.41, 5.74) is 0. The number of hydrogen-bond acceptors (Lipinski definition) is 7. The van der Waals surface area contributed by atoms with Crippen molar-refractivity contribution in [2.24, 2.45) is 7.05 Å². The number of imidazole rings is 1. The van der Waals surface area contributed by atoms with E-state index in [4.69, 9.17) is 0 Å². The molecule has 140 valence electrons. The van der Waals surface area contributed by atoms with Crippen molar-refractivity contribution >= 4 is 21.7 Å². The molecule has 0 N–H and O–H groups in total. The van der Waals surface area contributed by atoms with Crippen molar-refractivity contribution < 1.29 is 8.42 Å². The zero-order valence-corrected chi connectivity index (χ0v) is 15.6. The quantitative estimate of drug-likeness (QED) is 0.758. The maximum Gasteiger partial charge on any atom is 0.262 e. The van der Waals surface area contributed by atoms with Crippen LogP contribution in [0.25, 0.3) is 0 Å². The van der Waals surface area contributed by atoms with E-state index < -0.39 is 10.0 Å². The molecule has 2 saturated heterocycles. The minimum absolute atomic E-state index is 0.100. The molecule has 2 aromatic heterocycles. The van der Waals surface area contributed by atoms with Gasteiger partial charge in [0.1, 0.15) is 0 Å².